The van der Waals surface area contributed by atoms with Crippen LogP contribution in [0.4, 0.5) is 0 Å². The fraction of sp³-hybridized carbons (Fsp3) is 0.0526. The summed E-state index contributed by atoms with van der Waals surface area (Å²) >= 11 is 12.7. The van der Waals surface area contributed by atoms with Crippen LogP contribution in [0.2, 0.25) is 0 Å². The van der Waals surface area contributed by atoms with Gasteiger partial charge in [-0.1, -0.05) is 66.2 Å². The highest BCUT2D eigenvalue weighted by molar-refractivity contribution is 6.65. The Bertz CT molecular complexity index is 1150. The molecular formula is C19H11Cl2N3. The van der Waals surface area contributed by atoms with Crippen LogP contribution in [0.1, 0.15) is 5.56 Å². The maximum Gasteiger partial charge on any atom is 0.237 e. The quantitative estimate of drug-likeness (QED) is 0.287. The molecule has 0 amide bonds. The first-order valence-electron chi connectivity index (χ1n) is 7.57. The molecule has 5 heteroatoms. The van der Waals surface area contributed by atoms with Crippen LogP contribution < -0.4 is 5.32 Å². The molecule has 1 aliphatic rings. The summed E-state index contributed by atoms with van der Waals surface area (Å²) < 4.78 is 0. The van der Waals surface area contributed by atoms with Gasteiger partial charge < -0.3 is 5.32 Å². The van der Waals surface area contributed by atoms with Crippen LogP contribution in [-0.2, 0) is 5.12 Å². The molecule has 116 valence electrons. The van der Waals surface area contributed by atoms with Crippen LogP contribution >= 0.6 is 23.2 Å². The summed E-state index contributed by atoms with van der Waals surface area (Å²) in [5, 5.41) is 9.10. The van der Waals surface area contributed by atoms with Crippen molar-refractivity contribution < 1.29 is 0 Å². The monoisotopic (exact) mass is 351 g/mol. The van der Waals surface area contributed by atoms with E-state index in [-0.39, 0.29) is 5.29 Å². The van der Waals surface area contributed by atoms with Crippen LogP contribution in [0.25, 0.3) is 32.3 Å². The van der Waals surface area contributed by atoms with Gasteiger partial charge in [0.15, 0.2) is 0 Å². The van der Waals surface area contributed by atoms with Gasteiger partial charge in [0, 0.05) is 5.56 Å². The normalized spacial score (nSPS) is 20.7. The Morgan fingerprint density at radius 3 is 2.25 bits per heavy atom. The number of hydrogen-bond acceptors (Lipinski definition) is 3. The first kappa shape index (κ1) is 14.0. The van der Waals surface area contributed by atoms with Gasteiger partial charge in [-0.15, -0.1) is 0 Å². The van der Waals surface area contributed by atoms with Gasteiger partial charge in [0.05, 0.1) is 6.34 Å². The number of benzene rings is 4. The number of hydrogen-bond donors (Lipinski definition) is 1. The molecule has 0 aromatic heterocycles. The predicted molar refractivity (Wildman–Crippen MR) is 103 cm³/mol. The molecule has 0 bridgehead atoms. The largest absolute Gasteiger partial charge is 0.335 e. The van der Waals surface area contributed by atoms with Crippen LogP contribution in [-0.4, -0.2) is 11.6 Å². The molecule has 3 nitrogen and oxygen atoms in total. The van der Waals surface area contributed by atoms with Gasteiger partial charge in [-0.05, 0) is 43.9 Å². The topological polar surface area (TPSA) is 36.8 Å². The Kier molecular flexibility index (Phi) is 2.82. The zero-order chi connectivity index (χ0) is 16.3. The van der Waals surface area contributed by atoms with Crippen molar-refractivity contribution in [2.45, 2.75) is 5.12 Å². The molecule has 4 aromatic rings. The summed E-state index contributed by atoms with van der Waals surface area (Å²) in [5.41, 5.74) is 0.860. The number of rotatable bonds is 1. The Morgan fingerprint density at radius 1 is 0.833 bits per heavy atom. The van der Waals surface area contributed by atoms with Crippen molar-refractivity contribution in [1.82, 2.24) is 5.32 Å². The van der Waals surface area contributed by atoms with E-state index in [2.05, 4.69) is 63.8 Å². The molecule has 0 saturated carbocycles. The fourth-order valence-electron chi connectivity index (χ4n) is 3.52. The van der Waals surface area contributed by atoms with E-state index in [1.54, 1.807) is 0 Å². The number of alkyl halides is 1. The van der Waals surface area contributed by atoms with Crippen molar-refractivity contribution in [1.29, 1.82) is 0 Å². The van der Waals surface area contributed by atoms with E-state index in [0.717, 1.165) is 10.9 Å². The van der Waals surface area contributed by atoms with Crippen molar-refractivity contribution in [3.05, 3.63) is 60.2 Å². The van der Waals surface area contributed by atoms with Gasteiger partial charge in [0.2, 0.25) is 10.4 Å². The third-order valence-electron chi connectivity index (χ3n) is 4.56. The van der Waals surface area contributed by atoms with Gasteiger partial charge in [-0.2, -0.15) is 0 Å². The highest BCUT2D eigenvalue weighted by atomic mass is 35.5. The van der Waals surface area contributed by atoms with E-state index in [9.17, 15) is 0 Å². The van der Waals surface area contributed by atoms with E-state index in [0.29, 0.717) is 0 Å². The second kappa shape index (κ2) is 4.82. The average molecular weight is 352 g/mol. The molecule has 1 unspecified atom stereocenters. The van der Waals surface area contributed by atoms with Crippen molar-refractivity contribution in [2.24, 2.45) is 9.98 Å². The number of nitrogens with one attached hydrogen (secondary N) is 1. The van der Waals surface area contributed by atoms with Crippen molar-refractivity contribution >= 4 is 67.2 Å². The summed E-state index contributed by atoms with van der Waals surface area (Å²) in [6.07, 6.45) is 1.49. The SMILES string of the molecule is ClC1=NC(Cl)(c2ccc3ccc4cccc5ccc2c3c45)NC=N1. The van der Waals surface area contributed by atoms with Crippen LogP contribution in [0, 0.1) is 0 Å². The van der Waals surface area contributed by atoms with Crippen LogP contribution in [0.5, 0.6) is 0 Å². The number of amidine groups is 1. The summed E-state index contributed by atoms with van der Waals surface area (Å²) in [4.78, 5) is 8.21. The number of nitrogens with zero attached hydrogens (tertiary/aromatic N) is 2. The van der Waals surface area contributed by atoms with Gasteiger partial charge in [-0.25, -0.2) is 9.98 Å². The van der Waals surface area contributed by atoms with E-state index in [4.69, 9.17) is 23.2 Å². The second-order valence-electron chi connectivity index (χ2n) is 5.87. The molecule has 1 N–H and O–H groups in total. The third kappa shape index (κ3) is 1.86. The first-order chi connectivity index (χ1) is 11.7. The highest BCUT2D eigenvalue weighted by Crippen LogP contribution is 2.41. The lowest BCUT2D eigenvalue weighted by Crippen LogP contribution is -2.37. The summed E-state index contributed by atoms with van der Waals surface area (Å²) in [5.74, 6) is 0. The summed E-state index contributed by atoms with van der Waals surface area (Å²) in [7, 11) is 0. The Hall–Kier alpha value is -2.36. The van der Waals surface area contributed by atoms with E-state index in [1.807, 2.05) is 6.07 Å². The second-order valence-corrected chi connectivity index (χ2v) is 6.76. The summed E-state index contributed by atoms with van der Waals surface area (Å²) in [6, 6.07) is 18.9. The third-order valence-corrected chi connectivity index (χ3v) is 5.14. The van der Waals surface area contributed by atoms with Gasteiger partial charge in [0.1, 0.15) is 0 Å². The zero-order valence-corrected chi connectivity index (χ0v) is 13.9. The fourth-order valence-corrected chi connectivity index (χ4v) is 4.03. The lowest BCUT2D eigenvalue weighted by atomic mass is 9.91. The Balaban J connectivity index is 1.93. The first-order valence-corrected chi connectivity index (χ1v) is 8.33. The van der Waals surface area contributed by atoms with Crippen LogP contribution in [0.15, 0.2) is 64.6 Å². The van der Waals surface area contributed by atoms with Crippen molar-refractivity contribution in [3.63, 3.8) is 0 Å². The molecule has 0 fully saturated rings. The molecule has 0 radical (unpaired) electrons. The molecule has 0 spiro atoms. The van der Waals surface area contributed by atoms with E-state index >= 15 is 0 Å². The zero-order valence-electron chi connectivity index (χ0n) is 12.4. The lowest BCUT2D eigenvalue weighted by molar-refractivity contribution is 0.608. The molecule has 0 saturated heterocycles. The molecular weight excluding hydrogens is 341 g/mol. The Labute approximate surface area is 147 Å². The lowest BCUT2D eigenvalue weighted by Gasteiger charge is -2.27. The minimum atomic E-state index is -1.15. The van der Waals surface area contributed by atoms with Crippen molar-refractivity contribution in [2.75, 3.05) is 0 Å². The molecule has 5 rings (SSSR count). The minimum Gasteiger partial charge on any atom is -0.335 e. The molecule has 0 aliphatic carbocycles. The molecule has 1 aliphatic heterocycles. The highest BCUT2D eigenvalue weighted by Gasteiger charge is 2.32. The molecule has 1 heterocycles. The summed E-state index contributed by atoms with van der Waals surface area (Å²) in [6.45, 7) is 0. The maximum atomic E-state index is 6.74. The smallest absolute Gasteiger partial charge is 0.237 e. The molecule has 1 atom stereocenters. The molecule has 24 heavy (non-hydrogen) atoms. The average Bonchev–Trinajstić information content (AvgIpc) is 2.59. The van der Waals surface area contributed by atoms with Gasteiger partial charge in [-0.3, -0.25) is 0 Å². The minimum absolute atomic E-state index is 0.134. The van der Waals surface area contributed by atoms with Crippen LogP contribution in [0.3, 0.4) is 0 Å². The van der Waals surface area contributed by atoms with Gasteiger partial charge in [0.25, 0.3) is 0 Å². The standard InChI is InChI=1S/C19H11Cl2N3/c20-18-22-10-23-19(21,24-18)15-9-7-13-5-4-11-2-1-3-12-6-8-14(15)17(13)16(11)12/h1-10H,(H,22,23,24). The van der Waals surface area contributed by atoms with Crippen molar-refractivity contribution in [3.8, 4) is 0 Å². The molecule has 4 aromatic carbocycles. The van der Waals surface area contributed by atoms with E-state index < -0.39 is 5.12 Å². The maximum absolute atomic E-state index is 6.74. The predicted octanol–water partition coefficient (Wildman–Crippen LogP) is 5.16. The number of halogens is 2. The van der Waals surface area contributed by atoms with E-state index in [1.165, 1.54) is 33.3 Å². The van der Waals surface area contributed by atoms with Gasteiger partial charge >= 0.3 is 0 Å². The Morgan fingerprint density at radius 2 is 1.50 bits per heavy atom. The number of aliphatic imine (C=N–C) groups is 2.